The molecule has 3 aromatic carbocycles. The Morgan fingerprint density at radius 2 is 1.77 bits per heavy atom. The Hall–Kier alpha value is -5.44. The maximum atomic E-state index is 13.5. The molecule has 216 valence electrons. The van der Waals surface area contributed by atoms with Gasteiger partial charge in [-0.3, -0.25) is 14.3 Å². The van der Waals surface area contributed by atoms with E-state index in [0.717, 1.165) is 40.1 Å². The van der Waals surface area contributed by atoms with Gasteiger partial charge in [0.2, 0.25) is 0 Å². The molecule has 1 unspecified atom stereocenters. The number of benzene rings is 3. The van der Waals surface area contributed by atoms with Crippen LogP contribution in [0.1, 0.15) is 39.2 Å². The number of nitrogens with one attached hydrogen (secondary N) is 2. The van der Waals surface area contributed by atoms with Gasteiger partial charge < -0.3 is 19.8 Å². The van der Waals surface area contributed by atoms with Crippen LogP contribution in [0.5, 0.6) is 11.5 Å². The summed E-state index contributed by atoms with van der Waals surface area (Å²) in [4.78, 5) is 30.1. The summed E-state index contributed by atoms with van der Waals surface area (Å²) in [6, 6.07) is 23.7. The topological polar surface area (TPSA) is 107 Å². The molecule has 0 saturated heterocycles. The highest BCUT2D eigenvalue weighted by atomic mass is 16.5. The summed E-state index contributed by atoms with van der Waals surface area (Å²) < 4.78 is 13.4. The summed E-state index contributed by atoms with van der Waals surface area (Å²) in [7, 11) is 3.26. The molecule has 9 nitrogen and oxygen atoms in total. The van der Waals surface area contributed by atoms with Crippen LogP contribution in [-0.4, -0.2) is 44.6 Å². The summed E-state index contributed by atoms with van der Waals surface area (Å²) in [5.41, 5.74) is 5.17. The minimum absolute atomic E-state index is 0.240. The second-order valence-corrected chi connectivity index (χ2v) is 10.1. The quantitative estimate of drug-likeness (QED) is 0.208. The third kappa shape index (κ3) is 5.97. The number of aromatic amines is 1. The normalized spacial score (nSPS) is 11.8. The second-order valence-electron chi connectivity index (χ2n) is 10.1. The largest absolute Gasteiger partial charge is 0.497 e. The average molecular weight is 573 g/mol. The fraction of sp³-hybridized carbons (Fsp3) is 0.176. The Bertz CT molecular complexity index is 1830. The van der Waals surface area contributed by atoms with E-state index < -0.39 is 6.04 Å². The van der Waals surface area contributed by atoms with Crippen LogP contribution in [-0.2, 0) is 19.3 Å². The van der Waals surface area contributed by atoms with Gasteiger partial charge in [-0.05, 0) is 35.7 Å². The van der Waals surface area contributed by atoms with Crippen LogP contribution in [0.4, 0.5) is 0 Å². The molecule has 2 N–H and O–H groups in total. The summed E-state index contributed by atoms with van der Waals surface area (Å²) >= 11 is 0. The van der Waals surface area contributed by atoms with Gasteiger partial charge in [0.25, 0.3) is 5.91 Å². The number of H-pyrrole nitrogens is 1. The first-order valence-corrected chi connectivity index (χ1v) is 14.1. The Labute approximate surface area is 249 Å². The smallest absolute Gasteiger partial charge is 0.272 e. The van der Waals surface area contributed by atoms with Crippen molar-refractivity contribution in [1.82, 2.24) is 29.8 Å². The van der Waals surface area contributed by atoms with Crippen LogP contribution in [0.2, 0.25) is 0 Å². The zero-order valence-corrected chi connectivity index (χ0v) is 24.0. The molecule has 0 aliphatic carbocycles. The maximum absolute atomic E-state index is 13.5. The monoisotopic (exact) mass is 572 g/mol. The van der Waals surface area contributed by atoms with Crippen molar-refractivity contribution in [1.29, 1.82) is 0 Å². The van der Waals surface area contributed by atoms with Gasteiger partial charge in [0.15, 0.2) is 0 Å². The highest BCUT2D eigenvalue weighted by molar-refractivity contribution is 5.92. The van der Waals surface area contributed by atoms with Gasteiger partial charge in [-0.25, -0.2) is 9.97 Å². The van der Waals surface area contributed by atoms with Gasteiger partial charge in [0.1, 0.15) is 23.0 Å². The number of aryl methyl sites for hydroxylation is 2. The lowest BCUT2D eigenvalue weighted by Crippen LogP contribution is -2.32. The molecule has 0 radical (unpaired) electrons. The fourth-order valence-electron chi connectivity index (χ4n) is 5.37. The number of amides is 1. The Morgan fingerprint density at radius 3 is 2.56 bits per heavy atom. The molecular weight excluding hydrogens is 540 g/mol. The molecule has 1 amide bonds. The number of hydrogen-bond donors (Lipinski definition) is 2. The number of aromatic nitrogens is 5. The van der Waals surface area contributed by atoms with E-state index >= 15 is 0 Å². The molecule has 3 aromatic heterocycles. The number of carbonyl (C=O) groups is 1. The molecule has 9 heteroatoms. The fourth-order valence-corrected chi connectivity index (χ4v) is 5.37. The average Bonchev–Trinajstić information content (AvgIpc) is 3.68. The molecule has 0 saturated carbocycles. The van der Waals surface area contributed by atoms with E-state index in [2.05, 4.69) is 43.0 Å². The van der Waals surface area contributed by atoms with Gasteiger partial charge in [-0.1, -0.05) is 48.5 Å². The summed E-state index contributed by atoms with van der Waals surface area (Å²) in [6.07, 6.45) is 10.4. The van der Waals surface area contributed by atoms with Crippen molar-refractivity contribution in [2.75, 3.05) is 14.2 Å². The molecule has 0 fully saturated rings. The number of rotatable bonds is 11. The maximum Gasteiger partial charge on any atom is 0.272 e. The Kier molecular flexibility index (Phi) is 8.13. The predicted molar refractivity (Wildman–Crippen MR) is 165 cm³/mol. The molecule has 0 aliphatic heterocycles. The van der Waals surface area contributed by atoms with Crippen molar-refractivity contribution in [3.8, 4) is 17.2 Å². The van der Waals surface area contributed by atoms with E-state index in [1.165, 1.54) is 18.0 Å². The third-order valence-corrected chi connectivity index (χ3v) is 7.53. The van der Waals surface area contributed by atoms with Crippen LogP contribution in [0.15, 0.2) is 104 Å². The molecule has 0 aliphatic rings. The number of nitrogens with zero attached hydrogens (tertiary/aromatic N) is 4. The van der Waals surface area contributed by atoms with Gasteiger partial charge >= 0.3 is 0 Å². The minimum Gasteiger partial charge on any atom is -0.497 e. The molecule has 6 rings (SSSR count). The molecule has 43 heavy (non-hydrogen) atoms. The number of imidazole rings is 1. The number of methoxy groups -OCH3 is 2. The third-order valence-electron chi connectivity index (χ3n) is 7.53. The van der Waals surface area contributed by atoms with Crippen molar-refractivity contribution in [2.24, 2.45) is 0 Å². The summed E-state index contributed by atoms with van der Waals surface area (Å²) in [5.74, 6) is 1.84. The number of carbonyl (C=O) groups excluding carboxylic acids is 1. The van der Waals surface area contributed by atoms with E-state index in [-0.39, 0.29) is 11.6 Å². The molecule has 3 heterocycles. The first-order valence-electron chi connectivity index (χ1n) is 14.1. The van der Waals surface area contributed by atoms with Crippen molar-refractivity contribution < 1.29 is 14.3 Å². The van der Waals surface area contributed by atoms with Crippen LogP contribution in [0.25, 0.3) is 16.6 Å². The van der Waals surface area contributed by atoms with Crippen molar-refractivity contribution in [3.63, 3.8) is 0 Å². The molecule has 0 bridgehead atoms. The molecule has 1 atom stereocenters. The van der Waals surface area contributed by atoms with Crippen molar-refractivity contribution >= 4 is 16.8 Å². The van der Waals surface area contributed by atoms with Crippen LogP contribution in [0.3, 0.4) is 0 Å². The number of hydrogen-bond acceptors (Lipinski definition) is 6. The molecule has 0 spiro atoms. The van der Waals surface area contributed by atoms with E-state index in [4.69, 9.17) is 14.5 Å². The number of para-hydroxylation sites is 1. The number of fused-ring (bicyclic) bond motifs is 1. The lowest BCUT2D eigenvalue weighted by molar-refractivity contribution is 0.0930. The van der Waals surface area contributed by atoms with Crippen molar-refractivity contribution in [3.05, 3.63) is 132 Å². The molecule has 6 aromatic rings. The standard InChI is InChI=1S/C34H32N6O3/c1-42-25-13-14-30(32(19-25)43-2)40-31(22-38-33(40)15-12-23-8-4-3-5-9-23)28(39-34(41)29-21-35-16-17-36-29)18-24-20-37-27-11-7-6-10-26(24)27/h3-11,13-14,16-17,19-22,28,37H,12,15,18H2,1-2H3,(H,39,41). The summed E-state index contributed by atoms with van der Waals surface area (Å²) in [6.45, 7) is 0. The zero-order chi connectivity index (χ0) is 29.6. The second kappa shape index (κ2) is 12.6. The summed E-state index contributed by atoms with van der Waals surface area (Å²) in [5, 5.41) is 4.32. The van der Waals surface area contributed by atoms with Crippen molar-refractivity contribution in [2.45, 2.75) is 25.3 Å². The van der Waals surface area contributed by atoms with Crippen LogP contribution < -0.4 is 14.8 Å². The first kappa shape index (κ1) is 27.7. The van der Waals surface area contributed by atoms with Gasteiger partial charge in [-0.15, -0.1) is 0 Å². The van der Waals surface area contributed by atoms with Gasteiger partial charge in [-0.2, -0.15) is 0 Å². The highest BCUT2D eigenvalue weighted by Gasteiger charge is 2.26. The van der Waals surface area contributed by atoms with E-state index in [0.29, 0.717) is 24.3 Å². The highest BCUT2D eigenvalue weighted by Crippen LogP contribution is 2.33. The molecular formula is C34H32N6O3. The Balaban J connectivity index is 1.46. The van der Waals surface area contributed by atoms with E-state index in [1.807, 2.05) is 67.0 Å². The van der Waals surface area contributed by atoms with Crippen LogP contribution in [0, 0.1) is 0 Å². The number of ether oxygens (including phenoxy) is 2. The SMILES string of the molecule is COc1ccc(-n2c(C(Cc3c[nH]c4ccccc34)NC(=O)c3cnccn3)cnc2CCc2ccccc2)c(OC)c1. The van der Waals surface area contributed by atoms with Crippen LogP contribution >= 0.6 is 0 Å². The minimum atomic E-state index is -0.460. The van der Waals surface area contributed by atoms with E-state index in [1.54, 1.807) is 20.4 Å². The Morgan fingerprint density at radius 1 is 0.930 bits per heavy atom. The first-order chi connectivity index (χ1) is 21.1. The lowest BCUT2D eigenvalue weighted by Gasteiger charge is -2.23. The lowest BCUT2D eigenvalue weighted by atomic mass is 10.0. The zero-order valence-electron chi connectivity index (χ0n) is 24.0. The van der Waals surface area contributed by atoms with Gasteiger partial charge in [0, 0.05) is 48.4 Å². The van der Waals surface area contributed by atoms with E-state index in [9.17, 15) is 4.79 Å². The van der Waals surface area contributed by atoms with Gasteiger partial charge in [0.05, 0.1) is 44.0 Å². The predicted octanol–water partition coefficient (Wildman–Crippen LogP) is 5.66.